The molecule has 0 unspecified atom stereocenters. The molecule has 0 amide bonds. The van der Waals surface area contributed by atoms with Gasteiger partial charge in [-0.15, -0.1) is 0 Å². The molecule has 2 N–H and O–H groups in total. The van der Waals surface area contributed by atoms with Crippen LogP contribution in [0.1, 0.15) is 30.7 Å². The molecule has 0 radical (unpaired) electrons. The summed E-state index contributed by atoms with van der Waals surface area (Å²) in [5.74, 6) is 0.747. The number of aromatic nitrogens is 1. The molecule has 3 rings (SSSR count). The minimum Gasteiger partial charge on any atom is -0.326 e. The Hall–Kier alpha value is -1.75. The largest absolute Gasteiger partial charge is 0.326 e. The molecule has 0 spiro atoms. The number of aryl methyl sites for hydroxylation is 1. The van der Waals surface area contributed by atoms with Gasteiger partial charge in [0.15, 0.2) is 0 Å². The predicted octanol–water partition coefficient (Wildman–Crippen LogP) is 3.29. The Morgan fingerprint density at radius 3 is 2.31 bits per heavy atom. The molecule has 0 bridgehead atoms. The Morgan fingerprint density at radius 1 is 0.962 bits per heavy atom. The van der Waals surface area contributed by atoms with E-state index in [4.69, 9.17) is 10.7 Å². The smallest absolute Gasteiger partial charge is 0.0708 e. The minimum absolute atomic E-state index is 0.541. The lowest BCUT2D eigenvalue weighted by molar-refractivity contribution is 0.117. The minimum atomic E-state index is 0.541. The third-order valence-electron chi connectivity index (χ3n) is 5.19. The zero-order valence-corrected chi connectivity index (χ0v) is 16.4. The predicted molar refractivity (Wildman–Crippen MR) is 109 cm³/mol. The van der Waals surface area contributed by atoms with Gasteiger partial charge in [-0.2, -0.15) is 0 Å². The number of piperazine rings is 1. The summed E-state index contributed by atoms with van der Waals surface area (Å²) in [6.45, 7) is 14.1. The summed E-state index contributed by atoms with van der Waals surface area (Å²) < 4.78 is 0. The SMILES string of the molecule is Cc1nc(-c2ccccc2CN)ccc1CN1CCN(CC(C)C)CC1. The fourth-order valence-corrected chi connectivity index (χ4v) is 3.74. The van der Waals surface area contributed by atoms with Crippen LogP contribution in [0.3, 0.4) is 0 Å². The molecule has 26 heavy (non-hydrogen) atoms. The zero-order valence-electron chi connectivity index (χ0n) is 16.4. The van der Waals surface area contributed by atoms with Crippen LogP contribution in [-0.2, 0) is 13.1 Å². The van der Waals surface area contributed by atoms with E-state index in [0.29, 0.717) is 6.54 Å². The van der Waals surface area contributed by atoms with Crippen LogP contribution in [0.25, 0.3) is 11.3 Å². The Kier molecular flexibility index (Phi) is 6.41. The maximum atomic E-state index is 5.88. The second kappa shape index (κ2) is 8.76. The van der Waals surface area contributed by atoms with Crippen LogP contribution < -0.4 is 5.73 Å². The van der Waals surface area contributed by atoms with E-state index in [-0.39, 0.29) is 0 Å². The summed E-state index contributed by atoms with van der Waals surface area (Å²) >= 11 is 0. The van der Waals surface area contributed by atoms with Crippen LogP contribution in [0, 0.1) is 12.8 Å². The average Bonchev–Trinajstić information content (AvgIpc) is 2.64. The zero-order chi connectivity index (χ0) is 18.5. The molecule has 0 saturated carbocycles. The van der Waals surface area contributed by atoms with Gasteiger partial charge in [-0.05, 0) is 30.0 Å². The molecule has 1 aromatic carbocycles. The summed E-state index contributed by atoms with van der Waals surface area (Å²) in [6, 6.07) is 12.7. The first-order valence-electron chi connectivity index (χ1n) is 9.76. The third kappa shape index (κ3) is 4.70. The molecule has 1 aromatic heterocycles. The first-order chi connectivity index (χ1) is 12.6. The summed E-state index contributed by atoms with van der Waals surface area (Å²) in [4.78, 5) is 10.0. The third-order valence-corrected chi connectivity index (χ3v) is 5.19. The summed E-state index contributed by atoms with van der Waals surface area (Å²) in [7, 11) is 0. The van der Waals surface area contributed by atoms with Crippen molar-refractivity contribution in [1.82, 2.24) is 14.8 Å². The van der Waals surface area contributed by atoms with Gasteiger partial charge in [-0.25, -0.2) is 0 Å². The van der Waals surface area contributed by atoms with Crippen molar-refractivity contribution in [2.75, 3.05) is 32.7 Å². The van der Waals surface area contributed by atoms with E-state index in [2.05, 4.69) is 60.9 Å². The molecule has 0 aliphatic carbocycles. The van der Waals surface area contributed by atoms with Crippen molar-refractivity contribution in [2.24, 2.45) is 11.7 Å². The maximum Gasteiger partial charge on any atom is 0.0708 e. The van der Waals surface area contributed by atoms with Crippen LogP contribution in [0.5, 0.6) is 0 Å². The topological polar surface area (TPSA) is 45.4 Å². The van der Waals surface area contributed by atoms with Gasteiger partial charge in [-0.3, -0.25) is 9.88 Å². The highest BCUT2D eigenvalue weighted by atomic mass is 15.3. The molecule has 4 nitrogen and oxygen atoms in total. The molecule has 1 aliphatic heterocycles. The molecule has 1 aliphatic rings. The van der Waals surface area contributed by atoms with Gasteiger partial charge in [0, 0.05) is 57.1 Å². The van der Waals surface area contributed by atoms with Gasteiger partial charge < -0.3 is 10.6 Å². The monoisotopic (exact) mass is 352 g/mol. The summed E-state index contributed by atoms with van der Waals surface area (Å²) in [6.07, 6.45) is 0. The van der Waals surface area contributed by atoms with E-state index >= 15 is 0 Å². The molecule has 2 heterocycles. The second-order valence-electron chi connectivity index (χ2n) is 7.77. The van der Waals surface area contributed by atoms with Gasteiger partial charge in [-0.1, -0.05) is 44.2 Å². The maximum absolute atomic E-state index is 5.88. The number of rotatable bonds is 6. The highest BCUT2D eigenvalue weighted by Crippen LogP contribution is 2.23. The van der Waals surface area contributed by atoms with Crippen molar-refractivity contribution in [2.45, 2.75) is 33.9 Å². The van der Waals surface area contributed by atoms with Crippen molar-refractivity contribution in [3.05, 3.63) is 53.2 Å². The van der Waals surface area contributed by atoms with E-state index < -0.39 is 0 Å². The Labute approximate surface area is 158 Å². The molecular formula is C22H32N4. The van der Waals surface area contributed by atoms with E-state index in [1.54, 1.807) is 0 Å². The Balaban J connectivity index is 1.66. The first kappa shape index (κ1) is 19.0. The van der Waals surface area contributed by atoms with Crippen molar-refractivity contribution in [3.8, 4) is 11.3 Å². The summed E-state index contributed by atoms with van der Waals surface area (Å²) in [5, 5.41) is 0. The van der Waals surface area contributed by atoms with E-state index in [9.17, 15) is 0 Å². The van der Waals surface area contributed by atoms with E-state index in [1.165, 1.54) is 25.2 Å². The lowest BCUT2D eigenvalue weighted by atomic mass is 10.0. The molecule has 1 saturated heterocycles. The number of hydrogen-bond donors (Lipinski definition) is 1. The van der Waals surface area contributed by atoms with Crippen LogP contribution in [0.15, 0.2) is 36.4 Å². The number of benzene rings is 1. The Bertz CT molecular complexity index is 718. The molecule has 4 heteroatoms. The van der Waals surface area contributed by atoms with Crippen LogP contribution in [-0.4, -0.2) is 47.5 Å². The fourth-order valence-electron chi connectivity index (χ4n) is 3.74. The van der Waals surface area contributed by atoms with Crippen molar-refractivity contribution in [1.29, 1.82) is 0 Å². The van der Waals surface area contributed by atoms with E-state index in [1.807, 2.05) is 6.07 Å². The quantitative estimate of drug-likeness (QED) is 0.866. The van der Waals surface area contributed by atoms with Gasteiger partial charge >= 0.3 is 0 Å². The van der Waals surface area contributed by atoms with Crippen molar-refractivity contribution >= 4 is 0 Å². The molecule has 0 atom stereocenters. The van der Waals surface area contributed by atoms with Crippen molar-refractivity contribution in [3.63, 3.8) is 0 Å². The van der Waals surface area contributed by atoms with Gasteiger partial charge in [0.25, 0.3) is 0 Å². The van der Waals surface area contributed by atoms with Crippen LogP contribution >= 0.6 is 0 Å². The lowest BCUT2D eigenvalue weighted by Crippen LogP contribution is -2.46. The standard InChI is InChI=1S/C22H32N4/c1-17(2)15-25-10-12-26(13-11-25)16-20-8-9-22(24-18(20)3)21-7-5-4-6-19(21)14-23/h4-9,17H,10-16,23H2,1-3H3. The first-order valence-corrected chi connectivity index (χ1v) is 9.76. The summed E-state index contributed by atoms with van der Waals surface area (Å²) in [5.41, 5.74) is 11.7. The highest BCUT2D eigenvalue weighted by Gasteiger charge is 2.18. The Morgan fingerprint density at radius 2 is 1.65 bits per heavy atom. The van der Waals surface area contributed by atoms with Crippen LogP contribution in [0.2, 0.25) is 0 Å². The lowest BCUT2D eigenvalue weighted by Gasteiger charge is -2.35. The normalized spacial score (nSPS) is 16.3. The number of nitrogens with zero attached hydrogens (tertiary/aromatic N) is 3. The average molecular weight is 353 g/mol. The fraction of sp³-hybridized carbons (Fsp3) is 0.500. The van der Waals surface area contributed by atoms with Crippen molar-refractivity contribution < 1.29 is 0 Å². The van der Waals surface area contributed by atoms with Gasteiger partial charge in [0.1, 0.15) is 0 Å². The molecule has 1 fully saturated rings. The number of pyridine rings is 1. The van der Waals surface area contributed by atoms with Crippen LogP contribution in [0.4, 0.5) is 0 Å². The number of hydrogen-bond acceptors (Lipinski definition) is 4. The van der Waals surface area contributed by atoms with Gasteiger partial charge in [0.2, 0.25) is 0 Å². The highest BCUT2D eigenvalue weighted by molar-refractivity contribution is 5.64. The van der Waals surface area contributed by atoms with Gasteiger partial charge in [0.05, 0.1) is 5.69 Å². The molecular weight excluding hydrogens is 320 g/mol. The van der Waals surface area contributed by atoms with E-state index in [0.717, 1.165) is 48.1 Å². The molecule has 2 aromatic rings. The second-order valence-corrected chi connectivity index (χ2v) is 7.77. The molecule has 140 valence electrons. The number of nitrogens with two attached hydrogens (primary N) is 1.